The molecule has 0 saturated heterocycles. The van der Waals surface area contributed by atoms with Gasteiger partial charge in [-0.15, -0.1) is 0 Å². The van der Waals surface area contributed by atoms with Crippen LogP contribution < -0.4 is 10.6 Å². The quantitative estimate of drug-likeness (QED) is 0.804. The molecule has 0 fully saturated rings. The van der Waals surface area contributed by atoms with Crippen LogP contribution in [0.15, 0.2) is 30.6 Å². The van der Waals surface area contributed by atoms with E-state index in [4.69, 9.17) is 11.6 Å². The van der Waals surface area contributed by atoms with Gasteiger partial charge in [0.2, 0.25) is 0 Å². The van der Waals surface area contributed by atoms with Gasteiger partial charge in [-0.25, -0.2) is 9.97 Å². The van der Waals surface area contributed by atoms with Crippen LogP contribution in [-0.2, 0) is 6.18 Å². The lowest BCUT2D eigenvalue weighted by Crippen LogP contribution is -2.10. The van der Waals surface area contributed by atoms with Gasteiger partial charge in [0.15, 0.2) is 0 Å². The highest BCUT2D eigenvalue weighted by molar-refractivity contribution is 6.31. The maximum absolute atomic E-state index is 12.9. The van der Waals surface area contributed by atoms with Crippen molar-refractivity contribution in [2.75, 3.05) is 17.2 Å². The van der Waals surface area contributed by atoms with E-state index in [1.165, 1.54) is 18.5 Å². The first kappa shape index (κ1) is 17.3. The second-order valence-electron chi connectivity index (χ2n) is 5.38. The fraction of sp³-hybridized carbons (Fsp3) is 0.333. The third-order valence-corrected chi connectivity index (χ3v) is 3.23. The van der Waals surface area contributed by atoms with Crippen LogP contribution in [-0.4, -0.2) is 16.5 Å². The summed E-state index contributed by atoms with van der Waals surface area (Å²) in [5, 5.41) is 5.60. The molecule has 2 rings (SSSR count). The normalized spacial score (nSPS) is 11.6. The van der Waals surface area contributed by atoms with Crippen molar-refractivity contribution in [2.45, 2.75) is 20.0 Å². The van der Waals surface area contributed by atoms with Gasteiger partial charge in [-0.05, 0) is 24.1 Å². The number of nitrogens with zero attached hydrogens (tertiary/aromatic N) is 2. The minimum atomic E-state index is -4.51. The molecule has 8 heteroatoms. The first-order chi connectivity index (χ1) is 10.8. The largest absolute Gasteiger partial charge is 0.417 e. The average molecular weight is 345 g/mol. The van der Waals surface area contributed by atoms with Crippen molar-refractivity contribution >= 4 is 28.9 Å². The number of anilines is 3. The molecule has 0 atom stereocenters. The van der Waals surface area contributed by atoms with E-state index < -0.39 is 11.7 Å². The van der Waals surface area contributed by atoms with Crippen LogP contribution in [0.5, 0.6) is 0 Å². The summed E-state index contributed by atoms with van der Waals surface area (Å²) in [5.41, 5.74) is -0.647. The van der Waals surface area contributed by atoms with Crippen LogP contribution >= 0.6 is 11.6 Å². The van der Waals surface area contributed by atoms with Gasteiger partial charge in [0.05, 0.1) is 10.6 Å². The maximum Gasteiger partial charge on any atom is 0.417 e. The van der Waals surface area contributed by atoms with E-state index >= 15 is 0 Å². The van der Waals surface area contributed by atoms with Crippen molar-refractivity contribution in [3.63, 3.8) is 0 Å². The Hall–Kier alpha value is -2.02. The number of hydrogen-bond acceptors (Lipinski definition) is 4. The van der Waals surface area contributed by atoms with Crippen molar-refractivity contribution < 1.29 is 13.2 Å². The predicted molar refractivity (Wildman–Crippen MR) is 85.1 cm³/mol. The number of nitrogens with one attached hydrogen (secondary N) is 2. The second-order valence-corrected chi connectivity index (χ2v) is 5.79. The van der Waals surface area contributed by atoms with Gasteiger partial charge >= 0.3 is 6.18 Å². The summed E-state index contributed by atoms with van der Waals surface area (Å²) in [6.45, 7) is 4.84. The average Bonchev–Trinajstić information content (AvgIpc) is 2.46. The Morgan fingerprint density at radius 3 is 2.48 bits per heavy atom. The van der Waals surface area contributed by atoms with Gasteiger partial charge in [-0.1, -0.05) is 25.4 Å². The van der Waals surface area contributed by atoms with Gasteiger partial charge in [0, 0.05) is 18.3 Å². The van der Waals surface area contributed by atoms with E-state index in [-0.39, 0.29) is 10.7 Å². The lowest BCUT2D eigenvalue weighted by molar-refractivity contribution is -0.137. The van der Waals surface area contributed by atoms with Crippen molar-refractivity contribution in [1.82, 2.24) is 9.97 Å². The van der Waals surface area contributed by atoms with Crippen LogP contribution in [0.25, 0.3) is 0 Å². The molecule has 1 aromatic carbocycles. The standard InChI is InChI=1S/C15H16ClF3N4/c1-9(2)7-20-13-6-14(22-8-21-13)23-10-3-4-12(16)11(5-10)15(17,18)19/h3-6,8-9H,7H2,1-2H3,(H2,20,21,22,23). The van der Waals surface area contributed by atoms with Gasteiger partial charge < -0.3 is 10.6 Å². The molecule has 2 aromatic rings. The smallest absolute Gasteiger partial charge is 0.370 e. The number of aromatic nitrogens is 2. The molecule has 1 heterocycles. The van der Waals surface area contributed by atoms with Gasteiger partial charge in [0.25, 0.3) is 0 Å². The van der Waals surface area contributed by atoms with Crippen molar-refractivity contribution in [2.24, 2.45) is 5.92 Å². The number of halogens is 4. The fourth-order valence-electron chi connectivity index (χ4n) is 1.80. The van der Waals surface area contributed by atoms with Gasteiger partial charge in [-0.2, -0.15) is 13.2 Å². The Morgan fingerprint density at radius 1 is 1.13 bits per heavy atom. The van der Waals surface area contributed by atoms with E-state index in [1.54, 1.807) is 6.07 Å². The minimum absolute atomic E-state index is 0.246. The summed E-state index contributed by atoms with van der Waals surface area (Å²) in [5.74, 6) is 1.43. The number of benzene rings is 1. The molecule has 0 aliphatic heterocycles. The monoisotopic (exact) mass is 344 g/mol. The summed E-state index contributed by atoms with van der Waals surface area (Å²) in [6.07, 6.45) is -3.17. The van der Waals surface area contributed by atoms with Gasteiger partial charge in [0.1, 0.15) is 18.0 Å². The molecule has 0 radical (unpaired) electrons. The highest BCUT2D eigenvalue weighted by atomic mass is 35.5. The molecule has 1 aromatic heterocycles. The Kier molecular flexibility index (Phi) is 5.30. The number of rotatable bonds is 5. The molecule has 0 aliphatic carbocycles. The zero-order chi connectivity index (χ0) is 17.0. The van der Waals surface area contributed by atoms with Crippen molar-refractivity contribution in [3.8, 4) is 0 Å². The third-order valence-electron chi connectivity index (χ3n) is 2.90. The first-order valence-corrected chi connectivity index (χ1v) is 7.33. The Bertz CT molecular complexity index is 674. The topological polar surface area (TPSA) is 49.8 Å². The molecule has 0 amide bonds. The number of hydrogen-bond donors (Lipinski definition) is 2. The molecule has 0 spiro atoms. The van der Waals surface area contributed by atoms with E-state index in [0.29, 0.717) is 17.6 Å². The molecule has 124 valence electrons. The summed E-state index contributed by atoms with van der Waals surface area (Å²) >= 11 is 5.60. The molecule has 4 nitrogen and oxygen atoms in total. The summed E-state index contributed by atoms with van der Waals surface area (Å²) < 4.78 is 38.6. The Labute approximate surface area is 137 Å². The van der Waals surface area contributed by atoms with Crippen LogP contribution in [0.1, 0.15) is 19.4 Å². The molecule has 0 aliphatic rings. The van der Waals surface area contributed by atoms with E-state index in [0.717, 1.165) is 12.6 Å². The van der Waals surface area contributed by atoms with Gasteiger partial charge in [-0.3, -0.25) is 0 Å². The van der Waals surface area contributed by atoms with E-state index in [9.17, 15) is 13.2 Å². The third kappa shape index (κ3) is 4.99. The maximum atomic E-state index is 12.9. The molecule has 2 N–H and O–H groups in total. The van der Waals surface area contributed by atoms with Crippen molar-refractivity contribution in [1.29, 1.82) is 0 Å². The molecule has 0 saturated carbocycles. The molecular formula is C15H16ClF3N4. The van der Waals surface area contributed by atoms with Crippen molar-refractivity contribution in [3.05, 3.63) is 41.2 Å². The zero-order valence-electron chi connectivity index (χ0n) is 12.6. The predicted octanol–water partition coefficient (Wildman–Crippen LogP) is 4.96. The fourth-order valence-corrected chi connectivity index (χ4v) is 2.02. The highest BCUT2D eigenvalue weighted by Gasteiger charge is 2.33. The van der Waals surface area contributed by atoms with Crippen LogP contribution in [0.2, 0.25) is 5.02 Å². The Morgan fingerprint density at radius 2 is 1.83 bits per heavy atom. The summed E-state index contributed by atoms with van der Waals surface area (Å²) in [6, 6.07) is 5.24. The highest BCUT2D eigenvalue weighted by Crippen LogP contribution is 2.36. The summed E-state index contributed by atoms with van der Waals surface area (Å²) in [4.78, 5) is 8.06. The van der Waals surface area contributed by atoms with Crippen LogP contribution in [0, 0.1) is 5.92 Å². The lowest BCUT2D eigenvalue weighted by atomic mass is 10.2. The molecule has 0 bridgehead atoms. The van der Waals surface area contributed by atoms with Crippen LogP contribution in [0.3, 0.4) is 0 Å². The second kappa shape index (κ2) is 7.04. The SMILES string of the molecule is CC(C)CNc1cc(Nc2ccc(Cl)c(C(F)(F)F)c2)ncn1. The number of alkyl halides is 3. The lowest BCUT2D eigenvalue weighted by Gasteiger charge is -2.13. The van der Waals surface area contributed by atoms with Crippen LogP contribution in [0.4, 0.5) is 30.5 Å². The molecular weight excluding hydrogens is 329 g/mol. The zero-order valence-corrected chi connectivity index (χ0v) is 13.3. The Balaban J connectivity index is 2.18. The molecule has 0 unspecified atom stereocenters. The first-order valence-electron chi connectivity index (χ1n) is 6.95. The molecule has 23 heavy (non-hydrogen) atoms. The van der Waals surface area contributed by atoms with E-state index in [1.807, 2.05) is 0 Å². The van der Waals surface area contributed by atoms with E-state index in [2.05, 4.69) is 34.4 Å². The minimum Gasteiger partial charge on any atom is -0.370 e. The summed E-state index contributed by atoms with van der Waals surface area (Å²) in [7, 11) is 0.